The Morgan fingerprint density at radius 3 is 1.71 bits per heavy atom. The summed E-state index contributed by atoms with van der Waals surface area (Å²) < 4.78 is 65.9. The monoisotopic (exact) mass is 826 g/mol. The van der Waals surface area contributed by atoms with Gasteiger partial charge in [0.05, 0.1) is 13.2 Å². The van der Waals surface area contributed by atoms with E-state index in [-0.39, 0.29) is 17.9 Å². The number of carbonyl (C=O) groups excluding carboxylic acids is 2. The molecule has 0 unspecified atom stereocenters. The molecule has 328 valence electrons. The topological polar surface area (TPSA) is 245 Å². The molecular weight excluding hydrogens is 756 g/mol. The molecule has 2 aliphatic rings. The van der Waals surface area contributed by atoms with Crippen LogP contribution in [0.15, 0.2) is 11.6 Å². The van der Waals surface area contributed by atoms with Crippen molar-refractivity contribution >= 4 is 22.3 Å². The van der Waals surface area contributed by atoms with Crippen LogP contribution >= 0.6 is 0 Å². The summed E-state index contributed by atoms with van der Waals surface area (Å²) in [6.45, 7) is 8.12. The standard InChI is InChI=1S/C39H70O16S/c1-6-8-9-10-11-12-13-14-15-16-17-18-19-20-30(42)52-36-34(53-37(46)27(5)22-26(4)21-25(3)7-2)32(44)29(24-41)51-39(36)54-38-35(55-56(47,48)49)33(45)31(43)28(23-40)50-38/h22,25-26,28-29,31-36,38-41,43-45H,6-21,23-24H2,1-5H3,(H,47,48,49)/b27-22+/t25-,26-,28+,29+,31+,32+,33-,34-,35+,36+,38+,39+/m0/s1. The molecule has 0 spiro atoms. The Kier molecular flexibility index (Phi) is 23.7. The zero-order valence-electron chi connectivity index (χ0n) is 33.9. The normalized spacial score (nSPS) is 29.8. The second-order valence-corrected chi connectivity index (χ2v) is 16.5. The molecule has 0 aliphatic carbocycles. The highest BCUT2D eigenvalue weighted by Gasteiger charge is 2.54. The van der Waals surface area contributed by atoms with E-state index in [2.05, 4.69) is 25.0 Å². The Hall–Kier alpha value is -1.77. The average Bonchev–Trinajstić information content (AvgIpc) is 3.14. The van der Waals surface area contributed by atoms with Gasteiger partial charge in [0, 0.05) is 12.0 Å². The molecule has 2 saturated heterocycles. The number of carbonyl (C=O) groups is 2. The molecule has 2 rings (SSSR count). The molecule has 17 heteroatoms. The number of ether oxygens (including phenoxy) is 5. The number of aliphatic hydroxyl groups is 5. The van der Waals surface area contributed by atoms with Crippen LogP contribution in [0.25, 0.3) is 0 Å². The maximum atomic E-state index is 13.4. The molecule has 2 aliphatic heterocycles. The van der Waals surface area contributed by atoms with Gasteiger partial charge in [-0.15, -0.1) is 0 Å². The fourth-order valence-electron chi connectivity index (χ4n) is 7.03. The Labute approximate surface area is 333 Å². The molecule has 16 nitrogen and oxygen atoms in total. The van der Waals surface area contributed by atoms with Crippen molar-refractivity contribution in [2.45, 2.75) is 199 Å². The second-order valence-electron chi connectivity index (χ2n) is 15.4. The zero-order chi connectivity index (χ0) is 41.8. The lowest BCUT2D eigenvalue weighted by Gasteiger charge is -2.46. The van der Waals surface area contributed by atoms with Crippen LogP contribution in [-0.2, 0) is 47.9 Å². The third kappa shape index (κ3) is 17.6. The summed E-state index contributed by atoms with van der Waals surface area (Å²) in [6, 6.07) is 0. The zero-order valence-corrected chi connectivity index (χ0v) is 34.7. The van der Waals surface area contributed by atoms with Gasteiger partial charge in [-0.2, -0.15) is 8.42 Å². The molecule has 0 bridgehead atoms. The number of hydrogen-bond donors (Lipinski definition) is 6. The predicted octanol–water partition coefficient (Wildman–Crippen LogP) is 4.03. The molecule has 0 aromatic rings. The van der Waals surface area contributed by atoms with Crippen molar-refractivity contribution in [2.24, 2.45) is 11.8 Å². The smallest absolute Gasteiger partial charge is 0.397 e. The van der Waals surface area contributed by atoms with Gasteiger partial charge in [-0.3, -0.25) is 9.35 Å². The second kappa shape index (κ2) is 26.4. The van der Waals surface area contributed by atoms with E-state index in [0.29, 0.717) is 12.3 Å². The summed E-state index contributed by atoms with van der Waals surface area (Å²) >= 11 is 0. The number of esters is 2. The Balaban J connectivity index is 2.24. The largest absolute Gasteiger partial charge is 0.453 e. The summed E-state index contributed by atoms with van der Waals surface area (Å²) in [5, 5.41) is 52.2. The van der Waals surface area contributed by atoms with E-state index in [1.165, 1.54) is 51.9 Å². The van der Waals surface area contributed by atoms with E-state index >= 15 is 0 Å². The summed E-state index contributed by atoms with van der Waals surface area (Å²) in [4.78, 5) is 26.7. The van der Waals surface area contributed by atoms with Crippen molar-refractivity contribution in [3.05, 3.63) is 11.6 Å². The van der Waals surface area contributed by atoms with Gasteiger partial charge >= 0.3 is 22.3 Å². The van der Waals surface area contributed by atoms with Crippen molar-refractivity contribution in [3.8, 4) is 0 Å². The van der Waals surface area contributed by atoms with Crippen molar-refractivity contribution in [3.63, 3.8) is 0 Å². The molecule has 0 radical (unpaired) electrons. The first-order valence-corrected chi connectivity index (χ1v) is 21.9. The Morgan fingerprint density at radius 2 is 1.21 bits per heavy atom. The highest BCUT2D eigenvalue weighted by Crippen LogP contribution is 2.33. The van der Waals surface area contributed by atoms with Crippen LogP contribution in [0.3, 0.4) is 0 Å². The van der Waals surface area contributed by atoms with Crippen LogP contribution in [0.4, 0.5) is 0 Å². The van der Waals surface area contributed by atoms with Gasteiger partial charge in [-0.05, 0) is 31.6 Å². The molecular formula is C39H70O16S. The minimum Gasteiger partial charge on any atom is -0.453 e. The van der Waals surface area contributed by atoms with E-state index in [9.17, 15) is 48.1 Å². The van der Waals surface area contributed by atoms with Gasteiger partial charge in [-0.1, -0.05) is 117 Å². The number of aliphatic hydroxyl groups excluding tert-OH is 5. The predicted molar refractivity (Wildman–Crippen MR) is 204 cm³/mol. The molecule has 2 fully saturated rings. The molecule has 6 N–H and O–H groups in total. The lowest BCUT2D eigenvalue weighted by Crippen LogP contribution is -2.65. The number of unbranched alkanes of at least 4 members (excludes halogenated alkanes) is 12. The quantitative estimate of drug-likeness (QED) is 0.0296. The number of hydrogen-bond acceptors (Lipinski definition) is 15. The summed E-state index contributed by atoms with van der Waals surface area (Å²) in [5.74, 6) is -1.23. The van der Waals surface area contributed by atoms with Crippen molar-refractivity contribution in [1.29, 1.82) is 0 Å². The molecule has 2 heterocycles. The minimum absolute atomic E-state index is 0.00299. The molecule has 56 heavy (non-hydrogen) atoms. The highest BCUT2D eigenvalue weighted by atomic mass is 32.3. The van der Waals surface area contributed by atoms with Gasteiger partial charge in [0.25, 0.3) is 0 Å². The molecule has 0 saturated carbocycles. The maximum Gasteiger partial charge on any atom is 0.397 e. The maximum absolute atomic E-state index is 13.4. The molecule has 12 atom stereocenters. The SMILES string of the molecule is CCCCCCCCCCCCCCCC(=O)O[C@H]1[C@@H](O[C@H]2O[C@H](CO)[C@@H](O)[C@H](O)[C@H]2OS(=O)(=O)O)O[C@H](CO)[C@@H](O)[C@@H]1OC(=O)/C(C)=C/[C@@H](C)C[C@@H](C)CC. The Bertz CT molecular complexity index is 1260. The Morgan fingerprint density at radius 1 is 0.714 bits per heavy atom. The third-order valence-electron chi connectivity index (χ3n) is 10.4. The van der Waals surface area contributed by atoms with E-state index in [0.717, 1.165) is 44.9 Å². The summed E-state index contributed by atoms with van der Waals surface area (Å²) in [7, 11) is -5.29. The number of rotatable bonds is 27. The van der Waals surface area contributed by atoms with Crippen molar-refractivity contribution < 1.29 is 76.0 Å². The first kappa shape index (κ1) is 50.4. The van der Waals surface area contributed by atoms with Gasteiger partial charge in [0.2, 0.25) is 6.29 Å². The third-order valence-corrected chi connectivity index (χ3v) is 10.9. The van der Waals surface area contributed by atoms with E-state index in [1.54, 1.807) is 6.08 Å². The molecule has 0 amide bonds. The number of allylic oxidation sites excluding steroid dienone is 1. The van der Waals surface area contributed by atoms with Crippen LogP contribution in [0, 0.1) is 11.8 Å². The molecule has 0 aromatic heterocycles. The minimum atomic E-state index is -5.29. The summed E-state index contributed by atoms with van der Waals surface area (Å²) in [6.07, 6.45) is -0.642. The van der Waals surface area contributed by atoms with Gasteiger partial charge < -0.3 is 49.2 Å². The van der Waals surface area contributed by atoms with E-state index in [4.69, 9.17) is 23.7 Å². The van der Waals surface area contributed by atoms with Crippen LogP contribution in [-0.4, -0.2) is 125 Å². The van der Waals surface area contributed by atoms with E-state index in [1.807, 2.05) is 6.92 Å². The van der Waals surface area contributed by atoms with Crippen LogP contribution < -0.4 is 0 Å². The van der Waals surface area contributed by atoms with E-state index < -0.39 is 97.0 Å². The first-order valence-electron chi connectivity index (χ1n) is 20.5. The van der Waals surface area contributed by atoms with Crippen LogP contribution in [0.1, 0.15) is 137 Å². The van der Waals surface area contributed by atoms with Crippen molar-refractivity contribution in [2.75, 3.05) is 13.2 Å². The van der Waals surface area contributed by atoms with Gasteiger partial charge in [0.15, 0.2) is 24.6 Å². The highest BCUT2D eigenvalue weighted by molar-refractivity contribution is 7.80. The van der Waals surface area contributed by atoms with Crippen LogP contribution in [0.2, 0.25) is 0 Å². The molecule has 0 aromatic carbocycles. The average molecular weight is 827 g/mol. The fourth-order valence-corrected chi connectivity index (χ4v) is 7.52. The summed E-state index contributed by atoms with van der Waals surface area (Å²) in [5.41, 5.74) is 0.203. The van der Waals surface area contributed by atoms with Crippen LogP contribution in [0.5, 0.6) is 0 Å². The first-order chi connectivity index (χ1) is 26.6. The lowest BCUT2D eigenvalue weighted by molar-refractivity contribution is -0.374. The van der Waals surface area contributed by atoms with Gasteiger partial charge in [-0.25, -0.2) is 8.98 Å². The lowest BCUT2D eigenvalue weighted by atomic mass is 9.94. The fraction of sp³-hybridized carbons (Fsp3) is 0.897. The van der Waals surface area contributed by atoms with Crippen molar-refractivity contribution in [1.82, 2.24) is 0 Å². The van der Waals surface area contributed by atoms with Gasteiger partial charge in [0.1, 0.15) is 30.5 Å².